The van der Waals surface area contributed by atoms with E-state index in [1.165, 1.54) is 25.2 Å². The van der Waals surface area contributed by atoms with Crippen molar-refractivity contribution >= 4 is 20.9 Å². The summed E-state index contributed by atoms with van der Waals surface area (Å²) in [7, 11) is -2.47. The lowest BCUT2D eigenvalue weighted by Gasteiger charge is -2.14. The zero-order valence-corrected chi connectivity index (χ0v) is 15.2. The van der Waals surface area contributed by atoms with Crippen molar-refractivity contribution in [2.45, 2.75) is 24.3 Å². The van der Waals surface area contributed by atoms with E-state index in [1.807, 2.05) is 30.3 Å². The van der Waals surface area contributed by atoms with E-state index in [4.69, 9.17) is 0 Å². The maximum Gasteiger partial charge on any atom is 0.328 e. The summed E-state index contributed by atoms with van der Waals surface area (Å²) in [6.45, 7) is 1.78. The van der Waals surface area contributed by atoms with Gasteiger partial charge in [-0.25, -0.2) is 17.9 Å². The number of nitrogens with zero attached hydrogens (tertiary/aromatic N) is 1. The molecule has 0 aliphatic heterocycles. The molecule has 3 rings (SSSR count). The molecule has 0 aliphatic carbocycles. The summed E-state index contributed by atoms with van der Waals surface area (Å²) in [5.74, 6) is 0. The summed E-state index contributed by atoms with van der Waals surface area (Å²) in [6.07, 6.45) is 0.544. The minimum Gasteiger partial charge on any atom is -0.307 e. The van der Waals surface area contributed by atoms with Gasteiger partial charge in [0.15, 0.2) is 0 Å². The maximum atomic E-state index is 12.6. The van der Waals surface area contributed by atoms with Crippen LogP contribution in [-0.4, -0.2) is 24.0 Å². The van der Waals surface area contributed by atoms with Crippen LogP contribution in [0.5, 0.6) is 0 Å². The van der Waals surface area contributed by atoms with Gasteiger partial charge in [-0.1, -0.05) is 30.3 Å². The van der Waals surface area contributed by atoms with Crippen LogP contribution >= 0.6 is 0 Å². The van der Waals surface area contributed by atoms with Gasteiger partial charge >= 0.3 is 5.69 Å². The fourth-order valence-corrected chi connectivity index (χ4v) is 4.06. The lowest BCUT2D eigenvalue weighted by molar-refractivity contribution is 0.560. The third-order valence-electron chi connectivity index (χ3n) is 4.12. The number of nitrogens with one attached hydrogen (secondary N) is 2. The first-order valence-electron chi connectivity index (χ1n) is 8.07. The van der Waals surface area contributed by atoms with Crippen LogP contribution in [0.15, 0.2) is 63.0 Å². The minimum atomic E-state index is -3.80. The van der Waals surface area contributed by atoms with Crippen LogP contribution in [-0.2, 0) is 23.5 Å². The van der Waals surface area contributed by atoms with Gasteiger partial charge in [-0.15, -0.1) is 0 Å². The molecule has 0 bridgehead atoms. The van der Waals surface area contributed by atoms with Crippen LogP contribution in [0.1, 0.15) is 12.5 Å². The number of H-pyrrole nitrogens is 1. The Bertz CT molecular complexity index is 1160. The highest BCUT2D eigenvalue weighted by atomic mass is 32.2. The van der Waals surface area contributed by atoms with Crippen LogP contribution in [0.4, 0.5) is 0 Å². The Morgan fingerprint density at radius 3 is 2.50 bits per heavy atom. The lowest BCUT2D eigenvalue weighted by atomic mass is 10.1. The van der Waals surface area contributed by atoms with Gasteiger partial charge in [0.05, 0.1) is 15.8 Å². The highest BCUT2D eigenvalue weighted by Crippen LogP contribution is 2.15. The summed E-state index contributed by atoms with van der Waals surface area (Å²) in [5.41, 5.74) is 0.230. The standard InChI is InChI=1S/C18H19N3O4S/c1-12(10-13-6-4-3-5-7-13)20-26(24,25)14-8-9-16-15(11-14)17(22)21(2)18(23)19-16/h3-9,11-12,20H,10H2,1-2H3,(H,19,23). The fourth-order valence-electron chi connectivity index (χ4n) is 2.79. The molecule has 26 heavy (non-hydrogen) atoms. The van der Waals surface area contributed by atoms with E-state index in [0.29, 0.717) is 11.9 Å². The number of aromatic amines is 1. The SMILES string of the molecule is CC(Cc1ccccc1)NS(=O)(=O)c1ccc2[nH]c(=O)n(C)c(=O)c2c1. The number of rotatable bonds is 5. The summed E-state index contributed by atoms with van der Waals surface area (Å²) >= 11 is 0. The van der Waals surface area contributed by atoms with E-state index >= 15 is 0 Å². The highest BCUT2D eigenvalue weighted by molar-refractivity contribution is 7.89. The Morgan fingerprint density at radius 1 is 1.12 bits per heavy atom. The van der Waals surface area contributed by atoms with Crippen LogP contribution in [0.3, 0.4) is 0 Å². The second kappa shape index (κ2) is 6.89. The topological polar surface area (TPSA) is 101 Å². The van der Waals surface area contributed by atoms with E-state index in [-0.39, 0.29) is 16.3 Å². The van der Waals surface area contributed by atoms with E-state index in [0.717, 1.165) is 10.1 Å². The fraction of sp³-hybridized carbons (Fsp3) is 0.222. The van der Waals surface area contributed by atoms with Crippen molar-refractivity contribution in [3.05, 3.63) is 74.9 Å². The average Bonchev–Trinajstić information content (AvgIpc) is 2.60. The number of aromatic nitrogens is 2. The Balaban J connectivity index is 1.92. The van der Waals surface area contributed by atoms with Crippen LogP contribution in [0, 0.1) is 0 Å². The highest BCUT2D eigenvalue weighted by Gasteiger charge is 2.19. The maximum absolute atomic E-state index is 12.6. The summed E-state index contributed by atoms with van der Waals surface area (Å²) in [4.78, 5) is 26.4. The molecule has 2 aromatic carbocycles. The van der Waals surface area contributed by atoms with Crippen molar-refractivity contribution < 1.29 is 8.42 Å². The van der Waals surface area contributed by atoms with Gasteiger partial charge < -0.3 is 4.98 Å². The van der Waals surface area contributed by atoms with Crippen molar-refractivity contribution in [1.29, 1.82) is 0 Å². The lowest BCUT2D eigenvalue weighted by Crippen LogP contribution is -2.35. The quantitative estimate of drug-likeness (QED) is 0.700. The number of hydrogen-bond donors (Lipinski definition) is 2. The molecule has 1 atom stereocenters. The molecule has 0 radical (unpaired) electrons. The van der Waals surface area contributed by atoms with Gasteiger partial charge in [0.2, 0.25) is 10.0 Å². The van der Waals surface area contributed by atoms with Crippen LogP contribution in [0.25, 0.3) is 10.9 Å². The van der Waals surface area contributed by atoms with Crippen molar-refractivity contribution in [2.75, 3.05) is 0 Å². The van der Waals surface area contributed by atoms with Crippen molar-refractivity contribution in [2.24, 2.45) is 7.05 Å². The Hall–Kier alpha value is -2.71. The predicted octanol–water partition coefficient (Wildman–Crippen LogP) is 1.14. The smallest absolute Gasteiger partial charge is 0.307 e. The molecule has 2 N–H and O–H groups in total. The zero-order valence-electron chi connectivity index (χ0n) is 14.4. The molecule has 0 fully saturated rings. The first kappa shape index (κ1) is 18.1. The van der Waals surface area contributed by atoms with E-state index < -0.39 is 21.3 Å². The minimum absolute atomic E-state index is 0.0194. The first-order chi connectivity index (χ1) is 12.3. The monoisotopic (exact) mass is 373 g/mol. The third kappa shape index (κ3) is 3.61. The third-order valence-corrected chi connectivity index (χ3v) is 5.71. The molecule has 8 heteroatoms. The molecule has 7 nitrogen and oxygen atoms in total. The van der Waals surface area contributed by atoms with E-state index in [1.54, 1.807) is 6.92 Å². The van der Waals surface area contributed by atoms with Crippen LogP contribution in [0.2, 0.25) is 0 Å². The predicted molar refractivity (Wildman–Crippen MR) is 99.7 cm³/mol. The molecule has 1 heterocycles. The van der Waals surface area contributed by atoms with Gasteiger partial charge in [0, 0.05) is 13.1 Å². The molecule has 136 valence electrons. The summed E-state index contributed by atoms with van der Waals surface area (Å²) in [5, 5.41) is 0.144. The van der Waals surface area contributed by atoms with Gasteiger partial charge in [0.1, 0.15) is 0 Å². The second-order valence-corrected chi connectivity index (χ2v) is 7.93. The largest absolute Gasteiger partial charge is 0.328 e. The Kier molecular flexibility index (Phi) is 4.80. The Morgan fingerprint density at radius 2 is 1.81 bits per heavy atom. The van der Waals surface area contributed by atoms with E-state index in [9.17, 15) is 18.0 Å². The molecule has 0 saturated carbocycles. The molecule has 1 unspecified atom stereocenters. The number of benzene rings is 2. The summed E-state index contributed by atoms with van der Waals surface area (Å²) < 4.78 is 28.8. The Labute approximate surface area is 150 Å². The molecular weight excluding hydrogens is 354 g/mol. The van der Waals surface area contributed by atoms with Crippen molar-refractivity contribution in [3.63, 3.8) is 0 Å². The van der Waals surface area contributed by atoms with E-state index in [2.05, 4.69) is 9.71 Å². The molecule has 0 amide bonds. The molecule has 0 aliphatic rings. The number of sulfonamides is 1. The summed E-state index contributed by atoms with van der Waals surface area (Å²) in [6, 6.07) is 13.3. The second-order valence-electron chi connectivity index (χ2n) is 6.21. The number of fused-ring (bicyclic) bond motifs is 1. The first-order valence-corrected chi connectivity index (χ1v) is 9.55. The molecular formula is C18H19N3O4S. The molecule has 0 saturated heterocycles. The average molecular weight is 373 g/mol. The van der Waals surface area contributed by atoms with Crippen molar-refractivity contribution in [1.82, 2.24) is 14.3 Å². The van der Waals surface area contributed by atoms with Gasteiger partial charge in [-0.05, 0) is 37.1 Å². The normalized spacial score (nSPS) is 13.0. The molecule has 3 aromatic rings. The zero-order chi connectivity index (χ0) is 18.9. The molecule has 0 spiro atoms. The van der Waals surface area contributed by atoms with Gasteiger partial charge in [-0.2, -0.15) is 0 Å². The van der Waals surface area contributed by atoms with Gasteiger partial charge in [0.25, 0.3) is 5.56 Å². The van der Waals surface area contributed by atoms with Crippen LogP contribution < -0.4 is 16.0 Å². The van der Waals surface area contributed by atoms with Gasteiger partial charge in [-0.3, -0.25) is 9.36 Å². The number of hydrogen-bond acceptors (Lipinski definition) is 4. The van der Waals surface area contributed by atoms with Crippen molar-refractivity contribution in [3.8, 4) is 0 Å². The molecule has 1 aromatic heterocycles.